The van der Waals surface area contributed by atoms with Crippen molar-refractivity contribution in [3.05, 3.63) is 42.5 Å². The van der Waals surface area contributed by atoms with Crippen LogP contribution in [0, 0.1) is 0 Å². The molecular weight excluding hydrogens is 250 g/mol. The molecule has 2 heterocycles. The normalized spacial score (nSPS) is 18.4. The van der Waals surface area contributed by atoms with Crippen molar-refractivity contribution < 1.29 is 4.74 Å². The summed E-state index contributed by atoms with van der Waals surface area (Å²) in [5, 5.41) is 3.52. The monoisotopic (exact) mass is 271 g/mol. The van der Waals surface area contributed by atoms with Gasteiger partial charge in [0, 0.05) is 11.7 Å². The van der Waals surface area contributed by atoms with Gasteiger partial charge in [0.1, 0.15) is 5.75 Å². The molecule has 1 aromatic carbocycles. The molecule has 2 aromatic rings. The standard InChI is InChI=1S/C16H21N3O/c1-2-10-20-14-7-5-13(6-8-14)19-12-17-11-16(19)15-4-3-9-18-15/h5-8,11-12,15,18H,2-4,9-10H2,1H3. The first kappa shape index (κ1) is 13.2. The smallest absolute Gasteiger partial charge is 0.119 e. The molecule has 1 aliphatic rings. The molecule has 1 aromatic heterocycles. The van der Waals surface area contributed by atoms with E-state index < -0.39 is 0 Å². The second kappa shape index (κ2) is 6.09. The Morgan fingerprint density at radius 2 is 2.20 bits per heavy atom. The number of nitrogens with one attached hydrogen (secondary N) is 1. The van der Waals surface area contributed by atoms with E-state index in [9.17, 15) is 0 Å². The average molecular weight is 271 g/mol. The lowest BCUT2D eigenvalue weighted by molar-refractivity contribution is 0.317. The topological polar surface area (TPSA) is 39.1 Å². The number of aromatic nitrogens is 2. The Morgan fingerprint density at radius 3 is 2.90 bits per heavy atom. The Balaban J connectivity index is 1.80. The van der Waals surface area contributed by atoms with E-state index in [-0.39, 0.29) is 0 Å². The van der Waals surface area contributed by atoms with Crippen molar-refractivity contribution in [3.63, 3.8) is 0 Å². The zero-order valence-corrected chi connectivity index (χ0v) is 11.9. The first-order chi connectivity index (χ1) is 9.88. The van der Waals surface area contributed by atoms with E-state index in [4.69, 9.17) is 4.74 Å². The van der Waals surface area contributed by atoms with Gasteiger partial charge in [0.25, 0.3) is 0 Å². The van der Waals surface area contributed by atoms with E-state index in [2.05, 4.69) is 33.9 Å². The Morgan fingerprint density at radius 1 is 1.35 bits per heavy atom. The van der Waals surface area contributed by atoms with Gasteiger partial charge in [0.2, 0.25) is 0 Å². The largest absolute Gasteiger partial charge is 0.494 e. The molecule has 106 valence electrons. The van der Waals surface area contributed by atoms with E-state index in [1.165, 1.54) is 18.5 Å². The summed E-state index contributed by atoms with van der Waals surface area (Å²) in [6.07, 6.45) is 7.30. The van der Waals surface area contributed by atoms with Crippen LogP contribution in [0.3, 0.4) is 0 Å². The molecule has 1 aliphatic heterocycles. The van der Waals surface area contributed by atoms with Gasteiger partial charge in [0.15, 0.2) is 0 Å². The third kappa shape index (κ3) is 2.70. The average Bonchev–Trinajstić information content (AvgIpc) is 3.15. The maximum Gasteiger partial charge on any atom is 0.119 e. The molecule has 1 fully saturated rings. The van der Waals surface area contributed by atoms with E-state index in [1.807, 2.05) is 24.7 Å². The van der Waals surface area contributed by atoms with E-state index in [0.29, 0.717) is 6.04 Å². The fourth-order valence-corrected chi connectivity index (χ4v) is 2.64. The third-order valence-electron chi connectivity index (χ3n) is 3.67. The summed E-state index contributed by atoms with van der Waals surface area (Å²) in [7, 11) is 0. The maximum absolute atomic E-state index is 5.62. The van der Waals surface area contributed by atoms with Crippen LogP contribution in [0.4, 0.5) is 0 Å². The molecule has 1 atom stereocenters. The first-order valence-corrected chi connectivity index (χ1v) is 7.37. The highest BCUT2D eigenvalue weighted by atomic mass is 16.5. The summed E-state index contributed by atoms with van der Waals surface area (Å²) in [5.41, 5.74) is 2.37. The Hall–Kier alpha value is -1.81. The molecule has 4 heteroatoms. The highest BCUT2D eigenvalue weighted by molar-refractivity contribution is 5.39. The molecular formula is C16H21N3O. The second-order valence-corrected chi connectivity index (χ2v) is 5.18. The number of hydrogen-bond acceptors (Lipinski definition) is 3. The fraction of sp³-hybridized carbons (Fsp3) is 0.438. The summed E-state index contributed by atoms with van der Waals surface area (Å²) < 4.78 is 7.78. The van der Waals surface area contributed by atoms with Crippen LogP contribution in [-0.4, -0.2) is 22.7 Å². The lowest BCUT2D eigenvalue weighted by Crippen LogP contribution is -2.16. The number of benzene rings is 1. The summed E-state index contributed by atoms with van der Waals surface area (Å²) >= 11 is 0. The molecule has 4 nitrogen and oxygen atoms in total. The molecule has 1 N–H and O–H groups in total. The molecule has 0 bridgehead atoms. The summed E-state index contributed by atoms with van der Waals surface area (Å²) in [4.78, 5) is 4.31. The second-order valence-electron chi connectivity index (χ2n) is 5.18. The van der Waals surface area contributed by atoms with Crippen LogP contribution in [0.2, 0.25) is 0 Å². The van der Waals surface area contributed by atoms with Crippen molar-refractivity contribution in [1.29, 1.82) is 0 Å². The molecule has 20 heavy (non-hydrogen) atoms. The third-order valence-corrected chi connectivity index (χ3v) is 3.67. The van der Waals surface area contributed by atoms with Crippen LogP contribution in [0.25, 0.3) is 5.69 Å². The van der Waals surface area contributed by atoms with Crippen molar-refractivity contribution in [2.75, 3.05) is 13.2 Å². The highest BCUT2D eigenvalue weighted by Gasteiger charge is 2.20. The number of ether oxygens (including phenoxy) is 1. The zero-order chi connectivity index (χ0) is 13.8. The van der Waals surface area contributed by atoms with Crippen LogP contribution in [-0.2, 0) is 0 Å². The summed E-state index contributed by atoms with van der Waals surface area (Å²) in [6.45, 7) is 3.97. The minimum Gasteiger partial charge on any atom is -0.494 e. The molecule has 0 aliphatic carbocycles. The van der Waals surface area contributed by atoms with E-state index in [0.717, 1.165) is 31.0 Å². The molecule has 0 spiro atoms. The van der Waals surface area contributed by atoms with Gasteiger partial charge < -0.3 is 14.6 Å². The molecule has 3 rings (SSSR count). The van der Waals surface area contributed by atoms with Crippen LogP contribution in [0.15, 0.2) is 36.8 Å². The van der Waals surface area contributed by atoms with Gasteiger partial charge in [0.05, 0.1) is 24.8 Å². The number of imidazole rings is 1. The maximum atomic E-state index is 5.62. The molecule has 0 radical (unpaired) electrons. The number of nitrogens with zero attached hydrogens (tertiary/aromatic N) is 2. The lowest BCUT2D eigenvalue weighted by atomic mass is 10.1. The van der Waals surface area contributed by atoms with Gasteiger partial charge in [-0.1, -0.05) is 6.92 Å². The quantitative estimate of drug-likeness (QED) is 0.908. The number of rotatable bonds is 5. The Bertz CT molecular complexity index is 541. The van der Waals surface area contributed by atoms with E-state index >= 15 is 0 Å². The first-order valence-electron chi connectivity index (χ1n) is 7.37. The van der Waals surface area contributed by atoms with Gasteiger partial charge in [-0.15, -0.1) is 0 Å². The Kier molecular flexibility index (Phi) is 4.02. The Labute approximate surface area is 119 Å². The van der Waals surface area contributed by atoms with Gasteiger partial charge >= 0.3 is 0 Å². The van der Waals surface area contributed by atoms with Crippen molar-refractivity contribution in [3.8, 4) is 11.4 Å². The van der Waals surface area contributed by atoms with Crippen molar-refractivity contribution in [1.82, 2.24) is 14.9 Å². The highest BCUT2D eigenvalue weighted by Crippen LogP contribution is 2.25. The fourth-order valence-electron chi connectivity index (χ4n) is 2.64. The zero-order valence-electron chi connectivity index (χ0n) is 11.9. The van der Waals surface area contributed by atoms with Crippen molar-refractivity contribution in [2.24, 2.45) is 0 Å². The summed E-state index contributed by atoms with van der Waals surface area (Å²) in [6, 6.07) is 8.65. The van der Waals surface area contributed by atoms with Gasteiger partial charge in [-0.2, -0.15) is 0 Å². The lowest BCUT2D eigenvalue weighted by Gasteiger charge is -2.14. The van der Waals surface area contributed by atoms with Crippen LogP contribution >= 0.6 is 0 Å². The SMILES string of the molecule is CCCOc1ccc(-n2cncc2C2CCCN2)cc1. The van der Waals surface area contributed by atoms with Crippen LogP contribution < -0.4 is 10.1 Å². The minimum atomic E-state index is 0.425. The van der Waals surface area contributed by atoms with E-state index in [1.54, 1.807) is 0 Å². The summed E-state index contributed by atoms with van der Waals surface area (Å²) in [5.74, 6) is 0.927. The molecule has 0 amide bonds. The predicted molar refractivity (Wildman–Crippen MR) is 79.3 cm³/mol. The van der Waals surface area contributed by atoms with Gasteiger partial charge in [-0.25, -0.2) is 4.98 Å². The van der Waals surface area contributed by atoms with Crippen LogP contribution in [0.5, 0.6) is 5.75 Å². The van der Waals surface area contributed by atoms with Crippen LogP contribution in [0.1, 0.15) is 37.9 Å². The molecule has 1 saturated heterocycles. The number of hydrogen-bond donors (Lipinski definition) is 1. The van der Waals surface area contributed by atoms with Gasteiger partial charge in [-0.3, -0.25) is 0 Å². The molecule has 0 saturated carbocycles. The minimum absolute atomic E-state index is 0.425. The van der Waals surface area contributed by atoms with Crippen molar-refractivity contribution >= 4 is 0 Å². The van der Waals surface area contributed by atoms with Gasteiger partial charge in [-0.05, 0) is 50.1 Å². The van der Waals surface area contributed by atoms with Crippen molar-refractivity contribution in [2.45, 2.75) is 32.2 Å². The predicted octanol–water partition coefficient (Wildman–Crippen LogP) is 3.09. The molecule has 1 unspecified atom stereocenters.